The molecule has 0 atom stereocenters. The van der Waals surface area contributed by atoms with Gasteiger partial charge in [0.25, 0.3) is 5.91 Å². The van der Waals surface area contributed by atoms with Crippen LogP contribution in [0.25, 0.3) is 0 Å². The molecular formula is C22H30N4O3S. The molecule has 2 N–H and O–H groups in total. The number of nitrogens with one attached hydrogen (secondary N) is 1. The second-order valence-electron chi connectivity index (χ2n) is 8.56. The van der Waals surface area contributed by atoms with Gasteiger partial charge in [-0.05, 0) is 63.5 Å². The van der Waals surface area contributed by atoms with Gasteiger partial charge >= 0.3 is 5.97 Å². The quantitative estimate of drug-likeness (QED) is 0.730. The maximum absolute atomic E-state index is 12.9. The molecule has 4 rings (SSSR count). The van der Waals surface area contributed by atoms with Gasteiger partial charge in [0.15, 0.2) is 5.13 Å². The van der Waals surface area contributed by atoms with Crippen LogP contribution in [0.2, 0.25) is 0 Å². The number of anilines is 1. The number of carbonyl (C=O) groups excluding carboxylic acids is 1. The van der Waals surface area contributed by atoms with Gasteiger partial charge in [-0.2, -0.15) is 0 Å². The first-order valence-electron chi connectivity index (χ1n) is 10.9. The highest BCUT2D eigenvalue weighted by Crippen LogP contribution is 2.26. The molecule has 3 heterocycles. The van der Waals surface area contributed by atoms with E-state index in [1.54, 1.807) is 11.3 Å². The number of carboxylic acid groups (broad SMARTS) is 1. The molecule has 0 unspecified atom stereocenters. The van der Waals surface area contributed by atoms with Gasteiger partial charge in [-0.1, -0.05) is 0 Å². The smallest absolute Gasteiger partial charge is 0.306 e. The number of rotatable bonds is 6. The highest BCUT2D eigenvalue weighted by atomic mass is 32.1. The lowest BCUT2D eigenvalue weighted by molar-refractivity contribution is -0.142. The van der Waals surface area contributed by atoms with Crippen molar-refractivity contribution in [2.24, 2.45) is 5.92 Å². The summed E-state index contributed by atoms with van der Waals surface area (Å²) in [7, 11) is 0. The molecule has 30 heavy (non-hydrogen) atoms. The highest BCUT2D eigenvalue weighted by molar-refractivity contribution is 7.13. The number of aliphatic carboxylic acids is 1. The summed E-state index contributed by atoms with van der Waals surface area (Å²) in [6, 6.07) is 1.96. The van der Waals surface area contributed by atoms with Crippen molar-refractivity contribution in [2.75, 3.05) is 18.0 Å². The molecule has 0 bridgehead atoms. The fraction of sp³-hybridized carbons (Fsp3) is 0.591. The lowest BCUT2D eigenvalue weighted by atomic mass is 9.86. The van der Waals surface area contributed by atoms with E-state index in [1.165, 1.54) is 19.3 Å². The van der Waals surface area contributed by atoms with Crippen LogP contribution in [0.4, 0.5) is 5.13 Å². The molecule has 0 aromatic carbocycles. The number of hydrogen-bond acceptors (Lipinski definition) is 5. The van der Waals surface area contributed by atoms with E-state index in [1.807, 2.05) is 23.8 Å². The largest absolute Gasteiger partial charge is 0.481 e. The van der Waals surface area contributed by atoms with E-state index in [4.69, 9.17) is 10.1 Å². The molecule has 2 aromatic rings. The number of carboxylic acids is 1. The van der Waals surface area contributed by atoms with Crippen LogP contribution in [-0.2, 0) is 11.3 Å². The van der Waals surface area contributed by atoms with Crippen LogP contribution in [0.3, 0.4) is 0 Å². The Hall–Kier alpha value is -2.35. The number of amides is 1. The minimum Gasteiger partial charge on any atom is -0.481 e. The Balaban J connectivity index is 1.39. The van der Waals surface area contributed by atoms with Gasteiger partial charge in [0, 0.05) is 30.7 Å². The van der Waals surface area contributed by atoms with Gasteiger partial charge in [0.1, 0.15) is 5.69 Å². The van der Waals surface area contributed by atoms with Crippen molar-refractivity contribution in [2.45, 2.75) is 64.5 Å². The molecule has 2 aliphatic rings. The second-order valence-corrected chi connectivity index (χ2v) is 9.40. The lowest BCUT2D eigenvalue weighted by Crippen LogP contribution is -2.39. The third-order valence-corrected chi connectivity index (χ3v) is 7.13. The molecule has 1 aliphatic heterocycles. The average molecular weight is 431 g/mol. The molecule has 8 heteroatoms. The summed E-state index contributed by atoms with van der Waals surface area (Å²) in [5.74, 6) is -1.09. The molecule has 0 radical (unpaired) electrons. The Kier molecular flexibility index (Phi) is 6.41. The Labute approximate surface area is 181 Å². The third kappa shape index (κ3) is 4.86. The van der Waals surface area contributed by atoms with Gasteiger partial charge < -0.3 is 19.9 Å². The minimum atomic E-state index is -0.725. The summed E-state index contributed by atoms with van der Waals surface area (Å²) >= 11 is 1.68. The van der Waals surface area contributed by atoms with Crippen LogP contribution in [0.5, 0.6) is 0 Å². The summed E-state index contributed by atoms with van der Waals surface area (Å²) in [5, 5.41) is 15.4. The number of piperidine rings is 1. The maximum atomic E-state index is 12.9. The molecule has 1 aliphatic carbocycles. The van der Waals surface area contributed by atoms with E-state index < -0.39 is 5.97 Å². The van der Waals surface area contributed by atoms with Crippen molar-refractivity contribution in [3.63, 3.8) is 0 Å². The van der Waals surface area contributed by atoms with Crippen molar-refractivity contribution in [1.82, 2.24) is 14.9 Å². The SMILES string of the molecule is Cc1cc(C(=O)NC2CCC(C(=O)O)CC2)n(Cc2csc(N3CCCCC3)n2)c1. The van der Waals surface area contributed by atoms with Crippen LogP contribution in [0, 0.1) is 12.8 Å². The minimum absolute atomic E-state index is 0.0433. The zero-order chi connectivity index (χ0) is 21.1. The van der Waals surface area contributed by atoms with Crippen LogP contribution >= 0.6 is 11.3 Å². The molecule has 1 amide bonds. The summed E-state index contributed by atoms with van der Waals surface area (Å²) in [4.78, 5) is 31.2. The van der Waals surface area contributed by atoms with Crippen molar-refractivity contribution in [3.05, 3.63) is 34.6 Å². The molecule has 1 saturated carbocycles. The molecule has 162 valence electrons. The van der Waals surface area contributed by atoms with E-state index in [2.05, 4.69) is 15.6 Å². The molecule has 2 aromatic heterocycles. The van der Waals surface area contributed by atoms with Gasteiger partial charge in [-0.3, -0.25) is 9.59 Å². The van der Waals surface area contributed by atoms with Crippen molar-refractivity contribution < 1.29 is 14.7 Å². The fourth-order valence-corrected chi connectivity index (χ4v) is 5.37. The summed E-state index contributed by atoms with van der Waals surface area (Å²) in [5.41, 5.74) is 2.66. The summed E-state index contributed by atoms with van der Waals surface area (Å²) in [6.07, 6.45) is 8.43. The first-order valence-corrected chi connectivity index (χ1v) is 11.8. The van der Waals surface area contributed by atoms with Gasteiger partial charge in [-0.15, -0.1) is 11.3 Å². The Morgan fingerprint density at radius 2 is 1.93 bits per heavy atom. The topological polar surface area (TPSA) is 87.5 Å². The molecular weight excluding hydrogens is 400 g/mol. The number of nitrogens with zero attached hydrogens (tertiary/aromatic N) is 3. The van der Waals surface area contributed by atoms with Crippen molar-refractivity contribution in [1.29, 1.82) is 0 Å². The Morgan fingerprint density at radius 3 is 2.63 bits per heavy atom. The van der Waals surface area contributed by atoms with Gasteiger partial charge in [0.2, 0.25) is 0 Å². The van der Waals surface area contributed by atoms with Crippen molar-refractivity contribution in [3.8, 4) is 0 Å². The van der Waals surface area contributed by atoms with Crippen LogP contribution in [0.1, 0.15) is 66.7 Å². The van der Waals surface area contributed by atoms with E-state index in [-0.39, 0.29) is 17.9 Å². The number of carbonyl (C=O) groups is 2. The zero-order valence-corrected chi connectivity index (χ0v) is 18.3. The maximum Gasteiger partial charge on any atom is 0.306 e. The van der Waals surface area contributed by atoms with Crippen molar-refractivity contribution >= 4 is 28.3 Å². The van der Waals surface area contributed by atoms with Gasteiger partial charge in [-0.25, -0.2) is 4.98 Å². The Bertz CT molecular complexity index is 892. The molecule has 0 spiro atoms. The zero-order valence-electron chi connectivity index (χ0n) is 17.5. The van der Waals surface area contributed by atoms with Crippen LogP contribution in [0.15, 0.2) is 17.6 Å². The monoisotopic (exact) mass is 430 g/mol. The van der Waals surface area contributed by atoms with Crippen LogP contribution < -0.4 is 10.2 Å². The lowest BCUT2D eigenvalue weighted by Gasteiger charge is -2.27. The average Bonchev–Trinajstić information content (AvgIpc) is 3.36. The van der Waals surface area contributed by atoms with E-state index >= 15 is 0 Å². The highest BCUT2D eigenvalue weighted by Gasteiger charge is 2.27. The summed E-state index contributed by atoms with van der Waals surface area (Å²) in [6.45, 7) is 4.72. The predicted molar refractivity (Wildman–Crippen MR) is 117 cm³/mol. The first-order chi connectivity index (χ1) is 14.5. The number of hydrogen-bond donors (Lipinski definition) is 2. The standard InChI is InChI=1S/C22H30N4O3S/c1-15-11-19(20(27)23-17-7-5-16(6-8-17)21(28)29)26(12-15)13-18-14-30-22(24-18)25-9-3-2-4-10-25/h11-12,14,16-17H,2-10,13H2,1H3,(H,23,27)(H,28,29). The van der Waals surface area contributed by atoms with E-state index in [0.717, 1.165) is 29.5 Å². The number of aryl methyl sites for hydroxylation is 1. The third-order valence-electron chi connectivity index (χ3n) is 6.18. The normalized spacial score (nSPS) is 22.1. The predicted octanol–water partition coefficient (Wildman–Crippen LogP) is 3.66. The summed E-state index contributed by atoms with van der Waals surface area (Å²) < 4.78 is 1.97. The second kappa shape index (κ2) is 9.20. The Morgan fingerprint density at radius 1 is 1.20 bits per heavy atom. The molecule has 1 saturated heterocycles. The molecule has 7 nitrogen and oxygen atoms in total. The van der Waals surface area contributed by atoms with E-state index in [9.17, 15) is 9.59 Å². The molecule has 2 fully saturated rings. The van der Waals surface area contributed by atoms with E-state index in [0.29, 0.717) is 37.9 Å². The number of aromatic nitrogens is 2. The first kappa shape index (κ1) is 20.9. The number of thiazole rings is 1. The van der Waals surface area contributed by atoms with Crippen LogP contribution in [-0.4, -0.2) is 45.7 Å². The van der Waals surface area contributed by atoms with Gasteiger partial charge in [0.05, 0.1) is 18.2 Å². The fourth-order valence-electron chi connectivity index (χ4n) is 4.50.